The van der Waals surface area contributed by atoms with Crippen molar-refractivity contribution in [3.05, 3.63) is 22.4 Å². The number of anilines is 2. The van der Waals surface area contributed by atoms with Crippen molar-refractivity contribution in [1.82, 2.24) is 9.97 Å². The fourth-order valence-electron chi connectivity index (χ4n) is 2.52. The maximum absolute atomic E-state index is 12.0. The van der Waals surface area contributed by atoms with Gasteiger partial charge in [0.1, 0.15) is 17.1 Å². The molecule has 1 unspecified atom stereocenters. The second-order valence-electron chi connectivity index (χ2n) is 6.61. The van der Waals surface area contributed by atoms with Gasteiger partial charge in [-0.2, -0.15) is 4.98 Å². The Bertz CT molecular complexity index is 762. The van der Waals surface area contributed by atoms with Crippen LogP contribution in [0.15, 0.2) is 27.4 Å². The third kappa shape index (κ3) is 4.14. The molecule has 1 aromatic rings. The lowest BCUT2D eigenvalue weighted by molar-refractivity contribution is -0.144. The first-order chi connectivity index (χ1) is 12.4. The van der Waals surface area contributed by atoms with Crippen LogP contribution in [0.3, 0.4) is 0 Å². The molecule has 1 aliphatic heterocycles. The molecule has 0 radical (unpaired) electrons. The van der Waals surface area contributed by atoms with E-state index in [4.69, 9.17) is 10.5 Å². The number of nitrogens with zero attached hydrogens (tertiary/aromatic N) is 3. The Morgan fingerprint density at radius 2 is 2.35 bits per heavy atom. The van der Waals surface area contributed by atoms with Crippen LogP contribution in [-0.2, 0) is 9.53 Å². The smallest absolute Gasteiger partial charge is 0.317 e. The number of hydrogen-bond donors (Lipinski definition) is 3. The molecule has 3 rings (SSSR count). The zero-order valence-corrected chi connectivity index (χ0v) is 16.5. The monoisotopic (exact) mass is 422 g/mol. The lowest BCUT2D eigenvalue weighted by atomic mass is 9.85. The van der Waals surface area contributed by atoms with Crippen molar-refractivity contribution >= 4 is 39.5 Å². The van der Waals surface area contributed by atoms with Crippen LogP contribution in [0.5, 0.6) is 0 Å². The third-order valence-electron chi connectivity index (χ3n) is 4.41. The molecule has 8 nitrogen and oxygen atoms in total. The van der Waals surface area contributed by atoms with Gasteiger partial charge < -0.3 is 21.1 Å². The maximum atomic E-state index is 12.0. The van der Waals surface area contributed by atoms with Gasteiger partial charge in [-0.05, 0) is 42.6 Å². The van der Waals surface area contributed by atoms with Crippen LogP contribution in [0.2, 0.25) is 0 Å². The third-order valence-corrected chi connectivity index (χ3v) is 4.99. The standard InChI is InChI=1S/C17H23BrN6O2/c1-3-20-14-11(18)9-21-16(24-14)23-13(22-10-4-5-10)8-12(19)17(2)6-7-26-15(17)25/h8-10H,3-7,19H2,1-2H3,(H2,20,21,22,23,24). The van der Waals surface area contributed by atoms with Crippen LogP contribution in [-0.4, -0.2) is 41.0 Å². The number of esters is 1. The first-order valence-electron chi connectivity index (χ1n) is 8.68. The molecule has 1 aliphatic carbocycles. The minimum absolute atomic E-state index is 0.272. The molecule has 0 bridgehead atoms. The molecule has 4 N–H and O–H groups in total. The summed E-state index contributed by atoms with van der Waals surface area (Å²) in [5, 5.41) is 6.28. The van der Waals surface area contributed by atoms with Gasteiger partial charge in [-0.25, -0.2) is 4.98 Å². The molecule has 9 heteroatoms. The van der Waals surface area contributed by atoms with Crippen LogP contribution in [0, 0.1) is 5.41 Å². The number of nitrogens with one attached hydrogen (secondary N) is 2. The van der Waals surface area contributed by atoms with E-state index in [-0.39, 0.29) is 12.0 Å². The molecule has 140 valence electrons. The molecular weight excluding hydrogens is 400 g/mol. The molecule has 1 aromatic heterocycles. The number of carbonyl (C=O) groups is 1. The molecule has 0 amide bonds. The van der Waals surface area contributed by atoms with E-state index < -0.39 is 5.41 Å². The summed E-state index contributed by atoms with van der Waals surface area (Å²) in [5.41, 5.74) is 5.84. The van der Waals surface area contributed by atoms with Crippen molar-refractivity contribution in [2.75, 3.05) is 23.8 Å². The van der Waals surface area contributed by atoms with Gasteiger partial charge in [0.15, 0.2) is 0 Å². The zero-order valence-electron chi connectivity index (χ0n) is 14.9. The number of amidine groups is 1. The zero-order chi connectivity index (χ0) is 18.7. The number of rotatable bonds is 6. The largest absolute Gasteiger partial charge is 0.465 e. The minimum atomic E-state index is -0.818. The predicted molar refractivity (Wildman–Crippen MR) is 104 cm³/mol. The molecule has 26 heavy (non-hydrogen) atoms. The number of nitrogens with two attached hydrogens (primary N) is 1. The van der Waals surface area contributed by atoms with Gasteiger partial charge in [0.2, 0.25) is 5.95 Å². The van der Waals surface area contributed by atoms with Gasteiger partial charge in [-0.1, -0.05) is 0 Å². The van der Waals surface area contributed by atoms with Crippen LogP contribution in [0.1, 0.15) is 33.1 Å². The van der Waals surface area contributed by atoms with Crippen LogP contribution < -0.4 is 16.4 Å². The van der Waals surface area contributed by atoms with Crippen LogP contribution in [0.4, 0.5) is 11.8 Å². The van der Waals surface area contributed by atoms with Gasteiger partial charge in [0.05, 0.1) is 17.1 Å². The van der Waals surface area contributed by atoms with E-state index in [1.807, 2.05) is 6.92 Å². The van der Waals surface area contributed by atoms with Crippen molar-refractivity contribution < 1.29 is 9.53 Å². The SMILES string of the molecule is CCNc1nc(NC(C=C(N)C2(C)CCOC2=O)=NC2CC2)ncc1Br. The topological polar surface area (TPSA) is 115 Å². The Hall–Kier alpha value is -2.16. The second kappa shape index (κ2) is 7.61. The number of halogens is 1. The summed E-state index contributed by atoms with van der Waals surface area (Å²) in [6.07, 6.45) is 6.02. The van der Waals surface area contributed by atoms with Gasteiger partial charge in [0, 0.05) is 30.9 Å². The summed E-state index contributed by atoms with van der Waals surface area (Å²) in [4.78, 5) is 25.4. The molecule has 2 aliphatic rings. The average molecular weight is 423 g/mol. The normalized spacial score (nSPS) is 23.7. The summed E-state index contributed by atoms with van der Waals surface area (Å²) in [7, 11) is 0. The number of aliphatic imine (C=N–C) groups is 1. The van der Waals surface area contributed by atoms with E-state index in [1.54, 1.807) is 19.2 Å². The molecule has 0 aromatic carbocycles. The Morgan fingerprint density at radius 1 is 1.58 bits per heavy atom. The lowest BCUT2D eigenvalue weighted by Gasteiger charge is -2.20. The van der Waals surface area contributed by atoms with Crippen molar-refractivity contribution in [2.24, 2.45) is 16.1 Å². The Labute approximate surface area is 160 Å². The van der Waals surface area contributed by atoms with Crippen molar-refractivity contribution in [2.45, 2.75) is 39.2 Å². The summed E-state index contributed by atoms with van der Waals surface area (Å²) in [6, 6.07) is 0.272. The van der Waals surface area contributed by atoms with E-state index in [2.05, 4.69) is 41.5 Å². The number of cyclic esters (lactones) is 1. The van der Waals surface area contributed by atoms with E-state index >= 15 is 0 Å². The molecular formula is C17H23BrN6O2. The van der Waals surface area contributed by atoms with Gasteiger partial charge in [-0.3, -0.25) is 9.79 Å². The number of aromatic nitrogens is 2. The van der Waals surface area contributed by atoms with Gasteiger partial charge in [-0.15, -0.1) is 0 Å². The quantitative estimate of drug-likeness (QED) is 0.366. The molecule has 2 heterocycles. The minimum Gasteiger partial charge on any atom is -0.465 e. The molecule has 2 fully saturated rings. The van der Waals surface area contributed by atoms with Crippen molar-refractivity contribution in [3.8, 4) is 0 Å². The molecule has 1 saturated carbocycles. The Kier molecular flexibility index (Phi) is 5.45. The van der Waals surface area contributed by atoms with Gasteiger partial charge >= 0.3 is 5.97 Å². The number of hydrogen-bond acceptors (Lipinski definition) is 7. The predicted octanol–water partition coefficient (Wildman–Crippen LogP) is 2.44. The fraction of sp³-hybridized carbons (Fsp3) is 0.529. The van der Waals surface area contributed by atoms with Crippen molar-refractivity contribution in [3.63, 3.8) is 0 Å². The number of carbonyl (C=O) groups excluding carboxylic acids is 1. The first kappa shape index (κ1) is 18.6. The number of ether oxygens (including phenoxy) is 1. The summed E-state index contributed by atoms with van der Waals surface area (Å²) in [6.45, 7) is 4.91. The van der Waals surface area contributed by atoms with Crippen LogP contribution in [0.25, 0.3) is 0 Å². The Morgan fingerprint density at radius 3 is 2.96 bits per heavy atom. The summed E-state index contributed by atoms with van der Waals surface area (Å²) >= 11 is 3.42. The highest BCUT2D eigenvalue weighted by atomic mass is 79.9. The van der Waals surface area contributed by atoms with Crippen molar-refractivity contribution in [1.29, 1.82) is 0 Å². The highest BCUT2D eigenvalue weighted by molar-refractivity contribution is 9.10. The fourth-order valence-corrected chi connectivity index (χ4v) is 2.85. The molecule has 1 atom stereocenters. The van der Waals surface area contributed by atoms with Crippen LogP contribution >= 0.6 is 15.9 Å². The van der Waals surface area contributed by atoms with Gasteiger partial charge in [0.25, 0.3) is 0 Å². The van der Waals surface area contributed by atoms with E-state index in [1.165, 1.54) is 0 Å². The average Bonchev–Trinajstić information content (AvgIpc) is 3.34. The lowest BCUT2D eigenvalue weighted by Crippen LogP contribution is -2.31. The van der Waals surface area contributed by atoms with E-state index in [9.17, 15) is 4.79 Å². The van der Waals surface area contributed by atoms with E-state index in [0.29, 0.717) is 36.3 Å². The molecule has 1 saturated heterocycles. The Balaban J connectivity index is 1.84. The first-order valence-corrected chi connectivity index (χ1v) is 9.48. The summed E-state index contributed by atoms with van der Waals surface area (Å²) in [5.74, 6) is 1.35. The maximum Gasteiger partial charge on any atom is 0.317 e. The van der Waals surface area contributed by atoms with E-state index in [0.717, 1.165) is 23.9 Å². The second-order valence-corrected chi connectivity index (χ2v) is 7.46. The summed E-state index contributed by atoms with van der Waals surface area (Å²) < 4.78 is 5.86. The molecule has 0 spiro atoms. The highest BCUT2D eigenvalue weighted by Gasteiger charge is 2.42. The highest BCUT2D eigenvalue weighted by Crippen LogP contribution is 2.34.